The molecule has 0 saturated carbocycles. The largest absolute Gasteiger partial charge is 0.377 e. The second-order valence-corrected chi connectivity index (χ2v) is 6.09. The van der Waals surface area contributed by atoms with Crippen molar-refractivity contribution >= 4 is 16.8 Å². The first-order valence-electron chi connectivity index (χ1n) is 8.72. The molecule has 7 nitrogen and oxygen atoms in total. The molecule has 3 aromatic rings. The number of carbonyl (C=O) groups excluding carboxylic acids is 1. The fourth-order valence-electron chi connectivity index (χ4n) is 2.77. The number of nitrogens with zero attached hydrogens (tertiary/aromatic N) is 1. The minimum absolute atomic E-state index is 0.168. The highest BCUT2D eigenvalue weighted by molar-refractivity contribution is 5.81. The smallest absolute Gasteiger partial charge is 0.329 e. The molecule has 140 valence electrons. The second kappa shape index (κ2) is 8.46. The Morgan fingerprint density at radius 2 is 1.78 bits per heavy atom. The summed E-state index contributed by atoms with van der Waals surface area (Å²) in [5, 5.41) is 3.16. The van der Waals surface area contributed by atoms with Gasteiger partial charge in [0.15, 0.2) is 0 Å². The number of fused-ring (bicyclic) bond motifs is 1. The monoisotopic (exact) mass is 367 g/mol. The standard InChI is InChI=1S/C20H21N3O4/c1-2-27-13-15-9-7-14(8-10-15)11-21-18(24)12-23-17-6-4-3-5-16(17)19(25)22-20(23)26/h3-10H,2,11-13H2,1H3,(H,21,24)(H,22,25,26). The first-order chi connectivity index (χ1) is 13.1. The summed E-state index contributed by atoms with van der Waals surface area (Å²) in [4.78, 5) is 38.5. The van der Waals surface area contributed by atoms with Gasteiger partial charge in [0.2, 0.25) is 5.91 Å². The molecule has 3 rings (SSSR count). The molecular weight excluding hydrogens is 346 g/mol. The third-order valence-electron chi connectivity index (χ3n) is 4.19. The number of benzene rings is 2. The third kappa shape index (κ3) is 4.51. The topological polar surface area (TPSA) is 93.2 Å². The molecule has 0 saturated heterocycles. The molecule has 0 unspecified atom stereocenters. The van der Waals surface area contributed by atoms with E-state index in [0.29, 0.717) is 30.7 Å². The van der Waals surface area contributed by atoms with Crippen LogP contribution >= 0.6 is 0 Å². The second-order valence-electron chi connectivity index (χ2n) is 6.09. The Kier molecular flexibility index (Phi) is 5.83. The molecule has 0 aliphatic carbocycles. The number of H-pyrrole nitrogens is 1. The quantitative estimate of drug-likeness (QED) is 0.662. The van der Waals surface area contributed by atoms with Crippen molar-refractivity contribution in [2.75, 3.05) is 6.61 Å². The molecule has 0 spiro atoms. The van der Waals surface area contributed by atoms with Crippen molar-refractivity contribution in [3.8, 4) is 0 Å². The summed E-state index contributed by atoms with van der Waals surface area (Å²) >= 11 is 0. The van der Waals surface area contributed by atoms with Gasteiger partial charge in [-0.2, -0.15) is 0 Å². The summed E-state index contributed by atoms with van der Waals surface area (Å²) in [6, 6.07) is 14.5. The Bertz CT molecular complexity index is 1050. The summed E-state index contributed by atoms with van der Waals surface area (Å²) in [5.74, 6) is -0.312. The number of ether oxygens (including phenoxy) is 1. The van der Waals surface area contributed by atoms with E-state index in [2.05, 4.69) is 10.3 Å². The minimum atomic E-state index is -0.603. The van der Waals surface area contributed by atoms with Crippen LogP contribution < -0.4 is 16.6 Å². The third-order valence-corrected chi connectivity index (χ3v) is 4.19. The molecule has 2 aromatic carbocycles. The lowest BCUT2D eigenvalue weighted by Gasteiger charge is -2.10. The van der Waals surface area contributed by atoms with Gasteiger partial charge in [-0.1, -0.05) is 36.4 Å². The van der Waals surface area contributed by atoms with E-state index in [4.69, 9.17) is 4.74 Å². The molecule has 0 fully saturated rings. The molecule has 0 aliphatic heterocycles. The molecule has 0 radical (unpaired) electrons. The Balaban J connectivity index is 1.67. The Hall–Kier alpha value is -3.19. The fourth-order valence-corrected chi connectivity index (χ4v) is 2.77. The van der Waals surface area contributed by atoms with Crippen LogP contribution in [-0.4, -0.2) is 22.1 Å². The van der Waals surface area contributed by atoms with E-state index in [9.17, 15) is 14.4 Å². The van der Waals surface area contributed by atoms with Gasteiger partial charge in [-0.25, -0.2) is 4.79 Å². The maximum atomic E-state index is 12.3. The van der Waals surface area contributed by atoms with Crippen molar-refractivity contribution in [1.82, 2.24) is 14.9 Å². The molecular formula is C20H21N3O4. The molecule has 1 amide bonds. The van der Waals surface area contributed by atoms with Crippen LogP contribution in [0.15, 0.2) is 58.1 Å². The number of nitrogens with one attached hydrogen (secondary N) is 2. The Morgan fingerprint density at radius 3 is 2.52 bits per heavy atom. The Morgan fingerprint density at radius 1 is 1.07 bits per heavy atom. The average molecular weight is 367 g/mol. The van der Waals surface area contributed by atoms with E-state index in [1.165, 1.54) is 4.57 Å². The number of hydrogen-bond acceptors (Lipinski definition) is 4. The van der Waals surface area contributed by atoms with Crippen molar-refractivity contribution in [2.24, 2.45) is 0 Å². The summed E-state index contributed by atoms with van der Waals surface area (Å²) in [5.41, 5.74) is 1.38. The normalized spacial score (nSPS) is 10.9. The maximum Gasteiger partial charge on any atom is 0.329 e. The van der Waals surface area contributed by atoms with E-state index in [0.717, 1.165) is 11.1 Å². The van der Waals surface area contributed by atoms with Gasteiger partial charge in [-0.15, -0.1) is 0 Å². The molecule has 0 bridgehead atoms. The number of rotatable bonds is 7. The zero-order chi connectivity index (χ0) is 19.2. The van der Waals surface area contributed by atoms with E-state index < -0.39 is 11.2 Å². The van der Waals surface area contributed by atoms with Gasteiger partial charge in [-0.05, 0) is 30.2 Å². The van der Waals surface area contributed by atoms with Crippen LogP contribution in [0.1, 0.15) is 18.1 Å². The lowest BCUT2D eigenvalue weighted by Crippen LogP contribution is -2.36. The molecule has 27 heavy (non-hydrogen) atoms. The number of para-hydroxylation sites is 1. The number of amides is 1. The average Bonchev–Trinajstić information content (AvgIpc) is 2.69. The highest BCUT2D eigenvalue weighted by Gasteiger charge is 2.10. The van der Waals surface area contributed by atoms with Crippen LogP contribution in [0.4, 0.5) is 0 Å². The molecule has 1 aromatic heterocycles. The lowest BCUT2D eigenvalue weighted by atomic mass is 10.1. The van der Waals surface area contributed by atoms with Gasteiger partial charge in [0.05, 0.1) is 17.5 Å². The van der Waals surface area contributed by atoms with E-state index in [1.807, 2.05) is 31.2 Å². The molecule has 0 aliphatic rings. The fraction of sp³-hybridized carbons (Fsp3) is 0.250. The predicted octanol–water partition coefficient (Wildman–Crippen LogP) is 1.54. The SMILES string of the molecule is CCOCc1ccc(CNC(=O)Cn2c(=O)[nH]c(=O)c3ccccc32)cc1. The van der Waals surface area contributed by atoms with Gasteiger partial charge >= 0.3 is 5.69 Å². The van der Waals surface area contributed by atoms with Crippen molar-refractivity contribution in [3.05, 3.63) is 80.5 Å². The van der Waals surface area contributed by atoms with Crippen molar-refractivity contribution < 1.29 is 9.53 Å². The Labute approximate surface area is 155 Å². The highest BCUT2D eigenvalue weighted by atomic mass is 16.5. The van der Waals surface area contributed by atoms with Crippen molar-refractivity contribution in [2.45, 2.75) is 26.6 Å². The summed E-state index contributed by atoms with van der Waals surface area (Å²) < 4.78 is 6.61. The summed E-state index contributed by atoms with van der Waals surface area (Å²) in [6.45, 7) is 3.35. The van der Waals surface area contributed by atoms with Crippen LogP contribution in [0.25, 0.3) is 10.9 Å². The van der Waals surface area contributed by atoms with Crippen LogP contribution in [0, 0.1) is 0 Å². The van der Waals surface area contributed by atoms with Crippen LogP contribution in [-0.2, 0) is 29.2 Å². The highest BCUT2D eigenvalue weighted by Crippen LogP contribution is 2.07. The van der Waals surface area contributed by atoms with Gasteiger partial charge < -0.3 is 10.1 Å². The lowest BCUT2D eigenvalue weighted by molar-refractivity contribution is -0.121. The number of hydrogen-bond donors (Lipinski definition) is 2. The van der Waals surface area contributed by atoms with E-state index in [1.54, 1.807) is 24.3 Å². The van der Waals surface area contributed by atoms with Gasteiger partial charge in [0.25, 0.3) is 5.56 Å². The molecule has 0 atom stereocenters. The van der Waals surface area contributed by atoms with Crippen molar-refractivity contribution in [3.63, 3.8) is 0 Å². The molecule has 7 heteroatoms. The summed E-state index contributed by atoms with van der Waals surface area (Å²) in [7, 11) is 0. The first kappa shape index (κ1) is 18.6. The van der Waals surface area contributed by atoms with Crippen LogP contribution in [0.3, 0.4) is 0 Å². The van der Waals surface area contributed by atoms with Crippen molar-refractivity contribution in [1.29, 1.82) is 0 Å². The minimum Gasteiger partial charge on any atom is -0.377 e. The zero-order valence-corrected chi connectivity index (χ0v) is 15.0. The number of carbonyl (C=O) groups is 1. The predicted molar refractivity (Wildman–Crippen MR) is 102 cm³/mol. The van der Waals surface area contributed by atoms with Gasteiger partial charge in [0, 0.05) is 13.2 Å². The molecule has 1 heterocycles. The molecule has 2 N–H and O–H groups in total. The maximum absolute atomic E-state index is 12.3. The van der Waals surface area contributed by atoms with Gasteiger partial charge in [-0.3, -0.25) is 19.1 Å². The van der Waals surface area contributed by atoms with E-state index >= 15 is 0 Å². The number of aromatic amines is 1. The van der Waals surface area contributed by atoms with Crippen LogP contribution in [0.2, 0.25) is 0 Å². The van der Waals surface area contributed by atoms with Gasteiger partial charge in [0.1, 0.15) is 6.54 Å². The van der Waals surface area contributed by atoms with E-state index in [-0.39, 0.29) is 12.5 Å². The summed E-state index contributed by atoms with van der Waals surface area (Å²) in [6.07, 6.45) is 0. The van der Waals surface area contributed by atoms with Crippen LogP contribution in [0.5, 0.6) is 0 Å². The zero-order valence-electron chi connectivity index (χ0n) is 15.0. The number of aromatic nitrogens is 2. The first-order valence-corrected chi connectivity index (χ1v) is 8.72.